The van der Waals surface area contributed by atoms with Crippen molar-refractivity contribution in [3.8, 4) is 0 Å². The van der Waals surface area contributed by atoms with Crippen LogP contribution >= 0.6 is 0 Å². The van der Waals surface area contributed by atoms with Gasteiger partial charge in [-0.05, 0) is 30.5 Å². The van der Waals surface area contributed by atoms with Gasteiger partial charge >= 0.3 is 0 Å². The van der Waals surface area contributed by atoms with E-state index in [2.05, 4.69) is 15.3 Å². The molecule has 0 aliphatic heterocycles. The highest BCUT2D eigenvalue weighted by Gasteiger charge is 2.15. The van der Waals surface area contributed by atoms with Gasteiger partial charge in [0.25, 0.3) is 0 Å². The van der Waals surface area contributed by atoms with Crippen molar-refractivity contribution >= 4 is 11.6 Å². The summed E-state index contributed by atoms with van der Waals surface area (Å²) in [4.78, 5) is 8.30. The number of anilines is 2. The number of nitrogen functional groups attached to an aromatic ring is 1. The van der Waals surface area contributed by atoms with Crippen LogP contribution in [0.15, 0.2) is 30.6 Å². The second kappa shape index (κ2) is 5.86. The molecule has 3 N–H and O–H groups in total. The molecule has 1 unspecified atom stereocenters. The van der Waals surface area contributed by atoms with Crippen LogP contribution in [0.5, 0.6) is 0 Å². The number of benzene rings is 1. The van der Waals surface area contributed by atoms with Gasteiger partial charge in [-0.25, -0.2) is 14.4 Å². The first-order valence-electron chi connectivity index (χ1n) is 6.61. The minimum absolute atomic E-state index is 0.00222. The van der Waals surface area contributed by atoms with E-state index in [1.54, 1.807) is 12.1 Å². The number of nitrogens with zero attached hydrogens (tertiary/aromatic N) is 2. The summed E-state index contributed by atoms with van der Waals surface area (Å²) in [5.74, 6) is 1.20. The summed E-state index contributed by atoms with van der Waals surface area (Å²) in [5, 5.41) is 3.31. The van der Waals surface area contributed by atoms with Crippen LogP contribution in [0.3, 0.4) is 0 Å². The SMILES string of the molecule is CC(C)c1c(N)ncnc1NC(C)c1ccc(F)cc1. The van der Waals surface area contributed by atoms with Crippen LogP contribution in [-0.4, -0.2) is 9.97 Å². The van der Waals surface area contributed by atoms with E-state index in [4.69, 9.17) is 5.73 Å². The maximum atomic E-state index is 12.9. The molecule has 2 rings (SSSR count). The Kier molecular flexibility index (Phi) is 4.17. The lowest BCUT2D eigenvalue weighted by Gasteiger charge is -2.19. The Morgan fingerprint density at radius 1 is 1.10 bits per heavy atom. The van der Waals surface area contributed by atoms with Crippen LogP contribution in [0, 0.1) is 5.82 Å². The minimum atomic E-state index is -0.241. The van der Waals surface area contributed by atoms with E-state index in [9.17, 15) is 4.39 Å². The van der Waals surface area contributed by atoms with Crippen molar-refractivity contribution in [2.75, 3.05) is 11.1 Å². The molecular weight excluding hydrogens is 255 g/mol. The quantitative estimate of drug-likeness (QED) is 0.895. The van der Waals surface area contributed by atoms with E-state index in [0.717, 1.165) is 16.9 Å². The van der Waals surface area contributed by atoms with Crippen molar-refractivity contribution in [3.63, 3.8) is 0 Å². The number of rotatable bonds is 4. The average Bonchev–Trinajstić information content (AvgIpc) is 2.39. The van der Waals surface area contributed by atoms with Crippen LogP contribution < -0.4 is 11.1 Å². The third-order valence-corrected chi connectivity index (χ3v) is 3.22. The van der Waals surface area contributed by atoms with Crippen LogP contribution in [0.1, 0.15) is 43.9 Å². The summed E-state index contributed by atoms with van der Waals surface area (Å²) in [6.45, 7) is 6.08. The average molecular weight is 274 g/mol. The van der Waals surface area contributed by atoms with Crippen molar-refractivity contribution in [2.45, 2.75) is 32.7 Å². The predicted octanol–water partition coefficient (Wildman–Crippen LogP) is 3.49. The standard InChI is InChI=1S/C15H19FN4/c1-9(2)13-14(17)18-8-19-15(13)20-10(3)11-4-6-12(16)7-5-11/h4-10H,1-3H3,(H3,17,18,19,20). The van der Waals surface area contributed by atoms with Crippen molar-refractivity contribution in [1.82, 2.24) is 9.97 Å². The monoisotopic (exact) mass is 274 g/mol. The molecule has 0 aliphatic rings. The third kappa shape index (κ3) is 3.04. The lowest BCUT2D eigenvalue weighted by atomic mass is 10.0. The van der Waals surface area contributed by atoms with Crippen molar-refractivity contribution < 1.29 is 4.39 Å². The molecule has 0 aliphatic carbocycles. The van der Waals surface area contributed by atoms with Gasteiger partial charge in [-0.3, -0.25) is 0 Å². The van der Waals surface area contributed by atoms with Gasteiger partial charge < -0.3 is 11.1 Å². The fraction of sp³-hybridized carbons (Fsp3) is 0.333. The minimum Gasteiger partial charge on any atom is -0.383 e. The van der Waals surface area contributed by atoms with Gasteiger partial charge in [0.15, 0.2) is 0 Å². The Balaban J connectivity index is 2.26. The van der Waals surface area contributed by atoms with Gasteiger partial charge in [0.05, 0.1) is 0 Å². The van der Waals surface area contributed by atoms with E-state index in [-0.39, 0.29) is 17.8 Å². The molecule has 0 spiro atoms. The topological polar surface area (TPSA) is 63.8 Å². The summed E-state index contributed by atoms with van der Waals surface area (Å²) >= 11 is 0. The molecule has 0 fully saturated rings. The zero-order valence-corrected chi connectivity index (χ0v) is 11.9. The molecular formula is C15H19FN4. The van der Waals surface area contributed by atoms with Gasteiger partial charge in [0.1, 0.15) is 23.8 Å². The number of nitrogens with one attached hydrogen (secondary N) is 1. The van der Waals surface area contributed by atoms with Crippen molar-refractivity contribution in [3.05, 3.63) is 47.5 Å². The van der Waals surface area contributed by atoms with Crippen molar-refractivity contribution in [2.24, 2.45) is 0 Å². The summed E-state index contributed by atoms with van der Waals surface area (Å²) in [5.41, 5.74) is 7.80. The highest BCUT2D eigenvalue weighted by atomic mass is 19.1. The van der Waals surface area contributed by atoms with Gasteiger partial charge in [0, 0.05) is 11.6 Å². The van der Waals surface area contributed by atoms with Gasteiger partial charge in [-0.2, -0.15) is 0 Å². The molecule has 0 bridgehead atoms. The fourth-order valence-electron chi connectivity index (χ4n) is 2.13. The van der Waals surface area contributed by atoms with Gasteiger partial charge in [0.2, 0.25) is 0 Å². The van der Waals surface area contributed by atoms with E-state index in [0.29, 0.717) is 5.82 Å². The zero-order valence-electron chi connectivity index (χ0n) is 11.9. The van der Waals surface area contributed by atoms with Crippen LogP contribution in [0.4, 0.5) is 16.0 Å². The molecule has 5 heteroatoms. The maximum Gasteiger partial charge on any atom is 0.135 e. The molecule has 0 amide bonds. The first-order valence-corrected chi connectivity index (χ1v) is 6.61. The molecule has 1 atom stereocenters. The van der Waals surface area contributed by atoms with E-state index in [1.165, 1.54) is 18.5 Å². The first-order chi connectivity index (χ1) is 9.49. The molecule has 2 aromatic rings. The van der Waals surface area contributed by atoms with Crippen LogP contribution in [0.25, 0.3) is 0 Å². The summed E-state index contributed by atoms with van der Waals surface area (Å²) in [6, 6.07) is 6.41. The number of hydrogen-bond acceptors (Lipinski definition) is 4. The fourth-order valence-corrected chi connectivity index (χ4v) is 2.13. The molecule has 1 aromatic carbocycles. The predicted molar refractivity (Wildman–Crippen MR) is 79.0 cm³/mol. The van der Waals surface area contributed by atoms with E-state index in [1.807, 2.05) is 20.8 Å². The third-order valence-electron chi connectivity index (χ3n) is 3.22. The largest absolute Gasteiger partial charge is 0.383 e. The molecule has 0 radical (unpaired) electrons. The Morgan fingerprint density at radius 2 is 1.75 bits per heavy atom. The molecule has 1 aromatic heterocycles. The van der Waals surface area contributed by atoms with Crippen LogP contribution in [0.2, 0.25) is 0 Å². The van der Waals surface area contributed by atoms with Gasteiger partial charge in [-0.15, -0.1) is 0 Å². The maximum absolute atomic E-state index is 12.9. The smallest absolute Gasteiger partial charge is 0.135 e. The summed E-state index contributed by atoms with van der Waals surface area (Å²) in [6.07, 6.45) is 1.45. The Hall–Kier alpha value is -2.17. The molecule has 1 heterocycles. The normalized spacial score (nSPS) is 12.4. The van der Waals surface area contributed by atoms with Crippen molar-refractivity contribution in [1.29, 1.82) is 0 Å². The van der Waals surface area contributed by atoms with E-state index < -0.39 is 0 Å². The number of nitrogens with two attached hydrogens (primary N) is 1. The van der Waals surface area contributed by atoms with Crippen LogP contribution in [-0.2, 0) is 0 Å². The summed E-state index contributed by atoms with van der Waals surface area (Å²) < 4.78 is 12.9. The number of hydrogen-bond donors (Lipinski definition) is 2. The lowest BCUT2D eigenvalue weighted by Crippen LogP contribution is -2.13. The summed E-state index contributed by atoms with van der Waals surface area (Å²) in [7, 11) is 0. The number of halogens is 1. The number of aromatic nitrogens is 2. The highest BCUT2D eigenvalue weighted by molar-refractivity contribution is 5.57. The molecule has 4 nitrogen and oxygen atoms in total. The Labute approximate surface area is 118 Å². The van der Waals surface area contributed by atoms with Gasteiger partial charge in [-0.1, -0.05) is 26.0 Å². The second-order valence-electron chi connectivity index (χ2n) is 5.09. The Bertz CT molecular complexity index is 581. The molecule has 0 saturated heterocycles. The second-order valence-corrected chi connectivity index (χ2v) is 5.09. The molecule has 0 saturated carbocycles. The highest BCUT2D eigenvalue weighted by Crippen LogP contribution is 2.29. The lowest BCUT2D eigenvalue weighted by molar-refractivity contribution is 0.626. The molecule has 20 heavy (non-hydrogen) atoms. The first kappa shape index (κ1) is 14.2. The molecule has 106 valence electrons. The van der Waals surface area contributed by atoms with E-state index >= 15 is 0 Å². The zero-order chi connectivity index (χ0) is 14.7. The Morgan fingerprint density at radius 3 is 2.35 bits per heavy atom.